The van der Waals surface area contributed by atoms with Gasteiger partial charge in [0.2, 0.25) is 0 Å². The zero-order valence-electron chi connectivity index (χ0n) is 15.5. The number of quaternary nitrogens is 1. The highest BCUT2D eigenvalue weighted by molar-refractivity contribution is 5.94. The van der Waals surface area contributed by atoms with Gasteiger partial charge in [0, 0.05) is 12.7 Å². The molecule has 6 nitrogen and oxygen atoms in total. The summed E-state index contributed by atoms with van der Waals surface area (Å²) >= 11 is 0. The van der Waals surface area contributed by atoms with Gasteiger partial charge in [-0.05, 0) is 31.2 Å². The van der Waals surface area contributed by atoms with E-state index in [1.807, 2.05) is 49.4 Å². The number of benzene rings is 2. The summed E-state index contributed by atoms with van der Waals surface area (Å²) in [7, 11) is 3.31. The van der Waals surface area contributed by atoms with Crippen molar-refractivity contribution >= 4 is 23.2 Å². The van der Waals surface area contributed by atoms with Crippen LogP contribution < -0.4 is 19.9 Å². The van der Waals surface area contributed by atoms with Crippen LogP contribution in [0.25, 0.3) is 0 Å². The number of ether oxygens (including phenoxy) is 1. The van der Waals surface area contributed by atoms with E-state index in [1.54, 1.807) is 31.2 Å². The Bertz CT molecular complexity index is 734. The summed E-state index contributed by atoms with van der Waals surface area (Å²) in [5.74, 6) is 0.429. The Hall–Kier alpha value is -2.86. The number of likely N-dealkylation sites (N-methyl/N-ethyl adjacent to an activating group) is 2. The second kappa shape index (κ2) is 9.58. The Morgan fingerprint density at radius 3 is 2.35 bits per heavy atom. The molecular formula is C20H26N3O3+. The first-order chi connectivity index (χ1) is 12.5. The van der Waals surface area contributed by atoms with Gasteiger partial charge < -0.3 is 19.9 Å². The van der Waals surface area contributed by atoms with Crippen LogP contribution in [0, 0.1) is 0 Å². The smallest absolute Gasteiger partial charge is 0.281 e. The number of nitrogens with zero attached hydrogens (tertiary/aromatic N) is 1. The van der Waals surface area contributed by atoms with Crippen molar-refractivity contribution < 1.29 is 19.2 Å². The van der Waals surface area contributed by atoms with Crippen LogP contribution in [0.5, 0.6) is 5.75 Å². The molecule has 0 aliphatic heterocycles. The zero-order chi connectivity index (χ0) is 18.9. The molecule has 0 heterocycles. The fourth-order valence-electron chi connectivity index (χ4n) is 2.61. The van der Waals surface area contributed by atoms with Crippen molar-refractivity contribution in [1.82, 2.24) is 0 Å². The molecule has 0 fully saturated rings. The molecule has 0 radical (unpaired) electrons. The molecule has 1 unspecified atom stereocenters. The third-order valence-electron chi connectivity index (χ3n) is 4.21. The number of anilines is 2. The maximum Gasteiger partial charge on any atom is 0.281 e. The van der Waals surface area contributed by atoms with Gasteiger partial charge >= 0.3 is 0 Å². The minimum absolute atomic E-state index is 0.0295. The van der Waals surface area contributed by atoms with Gasteiger partial charge in [-0.2, -0.15) is 0 Å². The van der Waals surface area contributed by atoms with Gasteiger partial charge in [-0.3, -0.25) is 9.59 Å². The molecule has 2 amide bonds. The van der Waals surface area contributed by atoms with Crippen LogP contribution in [0.1, 0.15) is 6.92 Å². The molecule has 0 aliphatic rings. The van der Waals surface area contributed by atoms with Crippen molar-refractivity contribution in [1.29, 1.82) is 0 Å². The number of rotatable bonds is 8. The molecule has 0 aromatic heterocycles. The van der Waals surface area contributed by atoms with Crippen LogP contribution in [0.15, 0.2) is 54.6 Å². The quantitative estimate of drug-likeness (QED) is 0.747. The molecule has 2 aromatic rings. The molecule has 0 saturated carbocycles. The number of hydrogen-bond donors (Lipinski definition) is 2. The number of methoxy groups -OCH3 is 1. The van der Waals surface area contributed by atoms with Crippen molar-refractivity contribution in [2.45, 2.75) is 6.92 Å². The highest BCUT2D eigenvalue weighted by atomic mass is 16.5. The Morgan fingerprint density at radius 1 is 1.04 bits per heavy atom. The van der Waals surface area contributed by atoms with E-state index in [0.717, 1.165) is 10.6 Å². The van der Waals surface area contributed by atoms with E-state index in [-0.39, 0.29) is 24.9 Å². The lowest BCUT2D eigenvalue weighted by atomic mass is 10.3. The Morgan fingerprint density at radius 2 is 1.69 bits per heavy atom. The number of carbonyl (C=O) groups excluding carboxylic acids is 2. The lowest BCUT2D eigenvalue weighted by molar-refractivity contribution is -0.881. The summed E-state index contributed by atoms with van der Waals surface area (Å²) in [5.41, 5.74) is 1.47. The first-order valence-electron chi connectivity index (χ1n) is 8.63. The zero-order valence-corrected chi connectivity index (χ0v) is 15.5. The molecule has 0 spiro atoms. The standard InChI is InChI=1S/C20H25N3O3/c1-4-23(15-20(25)22(2)16-10-6-5-7-11-16)14-19(24)21-17-12-8-9-13-18(17)26-3/h5-13H,4,14-15H2,1-3H3,(H,21,24)/p+1. The number of carbonyl (C=O) groups is 2. The van der Waals surface area contributed by atoms with E-state index < -0.39 is 0 Å². The van der Waals surface area contributed by atoms with Crippen molar-refractivity contribution in [2.75, 3.05) is 44.0 Å². The van der Waals surface area contributed by atoms with Crippen molar-refractivity contribution in [3.8, 4) is 5.75 Å². The molecule has 0 aliphatic carbocycles. The molecule has 2 rings (SSSR count). The van der Waals surface area contributed by atoms with Gasteiger partial charge in [-0.25, -0.2) is 0 Å². The Balaban J connectivity index is 1.94. The van der Waals surface area contributed by atoms with Gasteiger partial charge in [0.15, 0.2) is 13.1 Å². The molecule has 26 heavy (non-hydrogen) atoms. The lowest BCUT2D eigenvalue weighted by Gasteiger charge is -2.21. The number of amides is 2. The van der Waals surface area contributed by atoms with Crippen molar-refractivity contribution in [3.05, 3.63) is 54.6 Å². The molecule has 0 bridgehead atoms. The van der Waals surface area contributed by atoms with Crippen LogP contribution >= 0.6 is 0 Å². The maximum absolute atomic E-state index is 12.5. The summed E-state index contributed by atoms with van der Waals surface area (Å²) in [6.45, 7) is 3.10. The number of nitrogens with one attached hydrogen (secondary N) is 2. The molecule has 0 saturated heterocycles. The third-order valence-corrected chi connectivity index (χ3v) is 4.21. The molecule has 1 atom stereocenters. The topological polar surface area (TPSA) is 63.1 Å². The monoisotopic (exact) mass is 356 g/mol. The van der Waals surface area contributed by atoms with Crippen LogP contribution in [-0.4, -0.2) is 45.6 Å². The predicted octanol–water partition coefficient (Wildman–Crippen LogP) is 1.20. The first-order valence-corrected chi connectivity index (χ1v) is 8.63. The molecular weight excluding hydrogens is 330 g/mol. The second-order valence-corrected chi connectivity index (χ2v) is 5.99. The van der Waals surface area contributed by atoms with Gasteiger partial charge in [-0.15, -0.1) is 0 Å². The van der Waals surface area contributed by atoms with E-state index in [1.165, 1.54) is 0 Å². The highest BCUT2D eigenvalue weighted by Gasteiger charge is 2.20. The van der Waals surface area contributed by atoms with E-state index in [2.05, 4.69) is 5.32 Å². The van der Waals surface area contributed by atoms with E-state index in [9.17, 15) is 9.59 Å². The SMILES string of the molecule is CC[NH+](CC(=O)Nc1ccccc1OC)CC(=O)N(C)c1ccccc1. The van der Waals surface area contributed by atoms with Crippen LogP contribution in [0.2, 0.25) is 0 Å². The number of para-hydroxylation sites is 3. The largest absolute Gasteiger partial charge is 0.495 e. The van der Waals surface area contributed by atoms with Crippen LogP contribution in [0.4, 0.5) is 11.4 Å². The van der Waals surface area contributed by atoms with Crippen molar-refractivity contribution in [2.24, 2.45) is 0 Å². The third kappa shape index (κ3) is 5.32. The summed E-state index contributed by atoms with van der Waals surface area (Å²) < 4.78 is 5.24. The van der Waals surface area contributed by atoms with Gasteiger partial charge in [0.1, 0.15) is 5.75 Å². The second-order valence-electron chi connectivity index (χ2n) is 5.99. The first kappa shape index (κ1) is 19.5. The van der Waals surface area contributed by atoms with Crippen LogP contribution in [-0.2, 0) is 9.59 Å². The molecule has 2 aromatic carbocycles. The molecule has 2 N–H and O–H groups in total. The summed E-state index contributed by atoms with van der Waals surface area (Å²) in [6.07, 6.45) is 0. The normalized spacial score (nSPS) is 11.5. The lowest BCUT2D eigenvalue weighted by Crippen LogP contribution is -3.14. The Kier molecular flexibility index (Phi) is 7.17. The average Bonchev–Trinajstić information content (AvgIpc) is 2.67. The van der Waals surface area contributed by atoms with Gasteiger partial charge in [-0.1, -0.05) is 30.3 Å². The summed E-state index contributed by atoms with van der Waals surface area (Å²) in [6, 6.07) is 16.7. The van der Waals surface area contributed by atoms with Gasteiger partial charge in [0.05, 0.1) is 19.3 Å². The predicted molar refractivity (Wildman–Crippen MR) is 103 cm³/mol. The van der Waals surface area contributed by atoms with Crippen molar-refractivity contribution in [3.63, 3.8) is 0 Å². The Labute approximate surface area is 154 Å². The van der Waals surface area contributed by atoms with E-state index in [0.29, 0.717) is 18.0 Å². The maximum atomic E-state index is 12.5. The van der Waals surface area contributed by atoms with Crippen LogP contribution in [0.3, 0.4) is 0 Å². The fourth-order valence-corrected chi connectivity index (χ4v) is 2.61. The molecule has 6 heteroatoms. The minimum atomic E-state index is -0.151. The van der Waals surface area contributed by atoms with E-state index in [4.69, 9.17) is 4.74 Å². The van der Waals surface area contributed by atoms with E-state index >= 15 is 0 Å². The average molecular weight is 356 g/mol. The van der Waals surface area contributed by atoms with Gasteiger partial charge in [0.25, 0.3) is 11.8 Å². The summed E-state index contributed by atoms with van der Waals surface area (Å²) in [5, 5.41) is 2.85. The highest BCUT2D eigenvalue weighted by Crippen LogP contribution is 2.22. The number of hydrogen-bond acceptors (Lipinski definition) is 3. The summed E-state index contributed by atoms with van der Waals surface area (Å²) in [4.78, 5) is 27.4. The fraction of sp³-hybridized carbons (Fsp3) is 0.300. The molecule has 138 valence electrons. The minimum Gasteiger partial charge on any atom is -0.495 e.